The first-order valence-corrected chi connectivity index (χ1v) is 4.00. The third-order valence-electron chi connectivity index (χ3n) is 0. The van der Waals surface area contributed by atoms with Crippen LogP contribution in [0.4, 0.5) is 0 Å². The minimum Gasteiger partial charge on any atom is -0.759 e. The van der Waals surface area contributed by atoms with E-state index in [4.69, 9.17) is 35.0 Å². The van der Waals surface area contributed by atoms with Crippen molar-refractivity contribution in [2.45, 2.75) is 0 Å². The molecule has 0 saturated carbocycles. The Hall–Kier alpha value is 0.472. The molecule has 19 heavy (non-hydrogen) atoms. The van der Waals surface area contributed by atoms with E-state index in [0.717, 1.165) is 0 Å². The SMILES string of the molecule is O.O.O=S(=O)([O-])[O-].O=S(=O)([O-])[O-].[OH3+].[OH3+].[OH3+].[OH3+].[OH3+].[OH3+].[U+4]. The molecule has 22 N–H and O–H groups in total. The molecule has 128 valence electrons. The molecule has 0 aliphatic rings. The van der Waals surface area contributed by atoms with Gasteiger partial charge in [-0.15, -0.1) is 0 Å². The fourth-order valence-corrected chi connectivity index (χ4v) is 0. The smallest absolute Gasteiger partial charge is 0.759 e. The van der Waals surface area contributed by atoms with Gasteiger partial charge in [0.2, 0.25) is 0 Å². The first-order chi connectivity index (χ1) is 4.00. The van der Waals surface area contributed by atoms with E-state index < -0.39 is 20.8 Å². The second-order valence-corrected chi connectivity index (χ2v) is 2.45. The van der Waals surface area contributed by atoms with Gasteiger partial charge in [-0.3, -0.25) is 16.8 Å². The third-order valence-corrected chi connectivity index (χ3v) is 0. The Morgan fingerprint density at radius 1 is 0.474 bits per heavy atom. The van der Waals surface area contributed by atoms with Gasteiger partial charge in [-0.05, 0) is 0 Å². The molecule has 0 atom stereocenters. The molecule has 0 aromatic carbocycles. The molecule has 0 radical (unpaired) electrons. The Balaban J connectivity index is -0.00000000508. The molecule has 0 saturated heterocycles. The number of rotatable bonds is 0. The van der Waals surface area contributed by atoms with E-state index in [2.05, 4.69) is 0 Å². The van der Waals surface area contributed by atoms with Crippen molar-refractivity contribution >= 4 is 20.8 Å². The predicted octanol–water partition coefficient (Wildman–Crippen LogP) is -9.86. The Bertz CT molecular complexity index is 211. The van der Waals surface area contributed by atoms with Gasteiger partial charge in [0.05, 0.1) is 0 Å². The summed E-state index contributed by atoms with van der Waals surface area (Å²) in [6, 6.07) is 0. The van der Waals surface area contributed by atoms with E-state index in [9.17, 15) is 0 Å². The second-order valence-electron chi connectivity index (χ2n) is 0.816. The van der Waals surface area contributed by atoms with Crippen LogP contribution in [-0.4, -0.2) is 46.0 Å². The molecule has 0 unspecified atom stereocenters. The summed E-state index contributed by atoms with van der Waals surface area (Å²) in [6.45, 7) is 0. The fraction of sp³-hybridized carbons (Fsp3) is 0. The molecule has 0 aromatic rings. The maximum Gasteiger partial charge on any atom is 4.00 e. The van der Waals surface area contributed by atoms with Crippen molar-refractivity contribution in [1.82, 2.24) is 0 Å². The van der Waals surface area contributed by atoms with Gasteiger partial charge in [0.15, 0.2) is 0 Å². The average molecular weight is 580 g/mol. The summed E-state index contributed by atoms with van der Waals surface area (Å²) in [5.74, 6) is 0. The molecule has 0 rings (SSSR count). The summed E-state index contributed by atoms with van der Waals surface area (Å²) < 4.78 is 68.2. The summed E-state index contributed by atoms with van der Waals surface area (Å²) in [5.41, 5.74) is 0. The van der Waals surface area contributed by atoms with Gasteiger partial charge >= 0.3 is 31.1 Å². The molecule has 0 amide bonds. The van der Waals surface area contributed by atoms with Crippen molar-refractivity contribution in [1.29, 1.82) is 0 Å². The molecular formula is H22O16S2U+6. The van der Waals surface area contributed by atoms with Gasteiger partial charge in [0.1, 0.15) is 0 Å². The van der Waals surface area contributed by atoms with Crippen LogP contribution in [0.3, 0.4) is 0 Å². The van der Waals surface area contributed by atoms with Crippen LogP contribution < -0.4 is 0 Å². The molecule has 0 fully saturated rings. The van der Waals surface area contributed by atoms with Crippen molar-refractivity contribution in [2.24, 2.45) is 0 Å². The van der Waals surface area contributed by atoms with Gasteiger partial charge < -0.3 is 62.0 Å². The van der Waals surface area contributed by atoms with Crippen LogP contribution in [0.15, 0.2) is 0 Å². The predicted molar refractivity (Wildman–Crippen MR) is 57.4 cm³/mol. The Morgan fingerprint density at radius 3 is 0.474 bits per heavy atom. The van der Waals surface area contributed by atoms with Crippen LogP contribution in [0.2, 0.25) is 0 Å². The van der Waals surface area contributed by atoms with Gasteiger partial charge in [-0.25, -0.2) is 0 Å². The zero-order valence-corrected chi connectivity index (χ0v) is 14.8. The van der Waals surface area contributed by atoms with Crippen molar-refractivity contribution < 1.29 is 110 Å². The standard InChI is InChI=1S/2H2O4S.8H2O.U/c2*1-5(2,3)4;;;;;;;;;/h2*(H2,1,2,3,4);8*1H2;/q;;;;;;;;;;+4/p+2. The zero-order chi connectivity index (χ0) is 9.00. The van der Waals surface area contributed by atoms with E-state index >= 15 is 0 Å². The van der Waals surface area contributed by atoms with E-state index in [1.165, 1.54) is 0 Å². The minimum absolute atomic E-state index is 0. The maximum absolute atomic E-state index is 8.52. The molecule has 0 spiro atoms. The maximum atomic E-state index is 8.52. The Kier molecular flexibility index (Phi) is 177. The van der Waals surface area contributed by atoms with E-state index in [0.29, 0.717) is 0 Å². The molecule has 0 aliphatic carbocycles. The zero-order valence-electron chi connectivity index (χ0n) is 9.05. The van der Waals surface area contributed by atoms with E-state index in [1.54, 1.807) is 0 Å². The topological polar surface area (TPSA) is 422 Å². The van der Waals surface area contributed by atoms with Crippen LogP contribution in [0, 0.1) is 31.1 Å². The van der Waals surface area contributed by atoms with Crippen LogP contribution in [-0.2, 0) is 53.7 Å². The minimum atomic E-state index is -5.17. The summed E-state index contributed by atoms with van der Waals surface area (Å²) in [6.07, 6.45) is 0. The first-order valence-electron chi connectivity index (χ1n) is 1.33. The molecule has 0 heterocycles. The van der Waals surface area contributed by atoms with Gasteiger partial charge in [-0.1, -0.05) is 0 Å². The average Bonchev–Trinajstić information content (AvgIpc) is 1.12. The summed E-state index contributed by atoms with van der Waals surface area (Å²) in [5, 5.41) is 0. The van der Waals surface area contributed by atoms with Crippen LogP contribution in [0.1, 0.15) is 0 Å². The molecule has 0 aliphatic heterocycles. The van der Waals surface area contributed by atoms with Crippen LogP contribution in [0.25, 0.3) is 0 Å². The third kappa shape index (κ3) is 22500. The van der Waals surface area contributed by atoms with Crippen LogP contribution in [0.5, 0.6) is 0 Å². The van der Waals surface area contributed by atoms with Gasteiger partial charge in [0.25, 0.3) is 0 Å². The van der Waals surface area contributed by atoms with Gasteiger partial charge in [-0.2, -0.15) is 0 Å². The quantitative estimate of drug-likeness (QED) is 0.150. The van der Waals surface area contributed by atoms with Crippen molar-refractivity contribution in [3.05, 3.63) is 0 Å². The largest absolute Gasteiger partial charge is 4.00 e. The second kappa shape index (κ2) is 36.3. The van der Waals surface area contributed by atoms with E-state index in [1.807, 2.05) is 0 Å². The summed E-state index contributed by atoms with van der Waals surface area (Å²) in [7, 11) is -10.3. The first kappa shape index (κ1) is 92.6. The summed E-state index contributed by atoms with van der Waals surface area (Å²) >= 11 is 0. The number of hydrogen-bond donors (Lipinski definition) is 0. The fourth-order valence-electron chi connectivity index (χ4n) is 0. The normalized spacial score (nSPS) is 6.11. The van der Waals surface area contributed by atoms with E-state index in [-0.39, 0.29) is 74.9 Å². The molecular weight excluding hydrogens is 558 g/mol. The summed E-state index contributed by atoms with van der Waals surface area (Å²) in [4.78, 5) is 0. The van der Waals surface area contributed by atoms with Crippen molar-refractivity contribution in [3.63, 3.8) is 0 Å². The van der Waals surface area contributed by atoms with Gasteiger partial charge in [0, 0.05) is 20.8 Å². The Morgan fingerprint density at radius 2 is 0.474 bits per heavy atom. The molecule has 0 bridgehead atoms. The molecule has 16 nitrogen and oxygen atoms in total. The van der Waals surface area contributed by atoms with Crippen molar-refractivity contribution in [3.8, 4) is 0 Å². The van der Waals surface area contributed by atoms with Crippen molar-refractivity contribution in [2.75, 3.05) is 0 Å². The monoisotopic (exact) mass is 580 g/mol. The number of hydrogen-bond acceptors (Lipinski definition) is 8. The van der Waals surface area contributed by atoms with Crippen LogP contribution >= 0.6 is 0 Å². The molecule has 19 heteroatoms. The Labute approximate surface area is 130 Å². The molecule has 0 aromatic heterocycles.